The monoisotopic (exact) mass is 427 g/mol. The van der Waals surface area contributed by atoms with Gasteiger partial charge in [0.2, 0.25) is 5.91 Å². The van der Waals surface area contributed by atoms with E-state index in [1.165, 1.54) is 12.0 Å². The lowest BCUT2D eigenvalue weighted by atomic mass is 9.96. The van der Waals surface area contributed by atoms with Crippen LogP contribution in [0.15, 0.2) is 59.8 Å². The first-order valence-electron chi connectivity index (χ1n) is 9.14. The number of esters is 1. The van der Waals surface area contributed by atoms with E-state index in [1.54, 1.807) is 48.5 Å². The van der Waals surface area contributed by atoms with Crippen molar-refractivity contribution >= 4 is 35.2 Å². The van der Waals surface area contributed by atoms with Gasteiger partial charge < -0.3 is 20.1 Å². The molecule has 0 unspecified atom stereocenters. The number of nitrogens with zero attached hydrogens (tertiary/aromatic N) is 1. The van der Waals surface area contributed by atoms with E-state index in [0.717, 1.165) is 0 Å². The van der Waals surface area contributed by atoms with E-state index in [4.69, 9.17) is 21.1 Å². The molecule has 3 amide bonds. The minimum Gasteiger partial charge on any atom is -0.495 e. The van der Waals surface area contributed by atoms with Gasteiger partial charge in [0.15, 0.2) is 0 Å². The zero-order chi connectivity index (χ0) is 21.3. The van der Waals surface area contributed by atoms with Crippen molar-refractivity contribution in [1.82, 2.24) is 10.2 Å². The number of hydrogen-bond donors (Lipinski definition) is 2. The maximum absolute atomic E-state index is 12.8. The van der Waals surface area contributed by atoms with E-state index in [-0.39, 0.29) is 13.2 Å². The van der Waals surface area contributed by atoms with Crippen LogP contribution in [-0.2, 0) is 14.3 Å². The van der Waals surface area contributed by atoms with Crippen LogP contribution in [0, 0.1) is 0 Å². The summed E-state index contributed by atoms with van der Waals surface area (Å²) in [5.74, 6) is -0.485. The second-order valence-corrected chi connectivity index (χ2v) is 7.15. The number of halogens is 1. The van der Waals surface area contributed by atoms with Gasteiger partial charge in [-0.1, -0.05) is 35.9 Å². The Labute approximate surface area is 177 Å². The Balaban J connectivity index is 1.60. The molecule has 2 N–H and O–H groups in total. The van der Waals surface area contributed by atoms with E-state index in [0.29, 0.717) is 33.3 Å². The second kappa shape index (κ2) is 8.08. The van der Waals surface area contributed by atoms with Gasteiger partial charge in [-0.3, -0.25) is 9.69 Å². The van der Waals surface area contributed by atoms with E-state index in [2.05, 4.69) is 10.6 Å². The quantitative estimate of drug-likeness (QED) is 0.715. The van der Waals surface area contributed by atoms with Gasteiger partial charge in [-0.2, -0.15) is 0 Å². The molecule has 2 heterocycles. The Bertz CT molecular complexity index is 1070. The Morgan fingerprint density at radius 3 is 2.83 bits per heavy atom. The highest BCUT2D eigenvalue weighted by Crippen LogP contribution is 2.35. The summed E-state index contributed by atoms with van der Waals surface area (Å²) < 4.78 is 10.4. The summed E-state index contributed by atoms with van der Waals surface area (Å²) >= 11 is 6.06. The van der Waals surface area contributed by atoms with Crippen LogP contribution in [0.5, 0.6) is 5.75 Å². The van der Waals surface area contributed by atoms with Gasteiger partial charge in [-0.05, 0) is 29.8 Å². The molecule has 2 aliphatic heterocycles. The fraction of sp³-hybridized carbons (Fsp3) is 0.190. The first-order valence-corrected chi connectivity index (χ1v) is 9.52. The molecule has 2 aromatic carbocycles. The molecule has 0 spiro atoms. The van der Waals surface area contributed by atoms with Crippen LogP contribution in [0.25, 0.3) is 0 Å². The molecule has 0 fully saturated rings. The highest BCUT2D eigenvalue weighted by molar-refractivity contribution is 6.30. The van der Waals surface area contributed by atoms with Gasteiger partial charge in [-0.25, -0.2) is 9.59 Å². The zero-order valence-corrected chi connectivity index (χ0v) is 16.7. The SMILES string of the molecule is COc1ccccc1NC(=O)CN1C(=O)N[C@@H](c2cccc(Cl)c2)C2=C1COC2=O. The van der Waals surface area contributed by atoms with Gasteiger partial charge in [0.1, 0.15) is 18.9 Å². The molecule has 0 bridgehead atoms. The molecule has 0 saturated heterocycles. The summed E-state index contributed by atoms with van der Waals surface area (Å²) in [6.45, 7) is -0.373. The molecule has 1 atom stereocenters. The summed E-state index contributed by atoms with van der Waals surface area (Å²) in [6.07, 6.45) is 0. The second-order valence-electron chi connectivity index (χ2n) is 6.71. The number of hydrogen-bond acceptors (Lipinski definition) is 5. The summed E-state index contributed by atoms with van der Waals surface area (Å²) in [4.78, 5) is 39.0. The van der Waals surface area contributed by atoms with Crippen LogP contribution in [-0.4, -0.2) is 43.1 Å². The molecule has 30 heavy (non-hydrogen) atoms. The molecule has 0 aromatic heterocycles. The number of nitrogens with one attached hydrogen (secondary N) is 2. The van der Waals surface area contributed by atoms with Gasteiger partial charge in [0.05, 0.1) is 30.1 Å². The van der Waals surface area contributed by atoms with Crippen molar-refractivity contribution in [2.24, 2.45) is 0 Å². The van der Waals surface area contributed by atoms with Gasteiger partial charge in [0.25, 0.3) is 0 Å². The predicted octanol–water partition coefficient (Wildman–Crippen LogP) is 2.86. The number of carbonyl (C=O) groups excluding carboxylic acids is 3. The standard InChI is InChI=1S/C21H18ClN3O5/c1-29-16-8-3-2-7-14(16)23-17(26)10-25-15-11-30-20(27)18(15)19(24-21(25)28)12-5-4-6-13(22)9-12/h2-9,19H,10-11H2,1H3,(H,23,26)(H,24,28)/t19-/m0/s1. The number of para-hydroxylation sites is 2. The lowest BCUT2D eigenvalue weighted by Crippen LogP contribution is -2.49. The van der Waals surface area contributed by atoms with Crippen molar-refractivity contribution in [3.8, 4) is 5.75 Å². The number of rotatable bonds is 5. The maximum Gasteiger partial charge on any atom is 0.338 e. The molecule has 0 aliphatic carbocycles. The molecule has 154 valence electrons. The fourth-order valence-corrected chi connectivity index (χ4v) is 3.69. The lowest BCUT2D eigenvalue weighted by molar-refractivity contribution is -0.136. The van der Waals surface area contributed by atoms with E-state index < -0.39 is 23.9 Å². The van der Waals surface area contributed by atoms with E-state index in [1.807, 2.05) is 0 Å². The molecule has 8 nitrogen and oxygen atoms in total. The molecule has 2 aliphatic rings. The zero-order valence-electron chi connectivity index (χ0n) is 16.0. The highest BCUT2D eigenvalue weighted by atomic mass is 35.5. The topological polar surface area (TPSA) is 97.0 Å². The summed E-state index contributed by atoms with van der Waals surface area (Å²) in [5, 5.41) is 5.97. The van der Waals surface area contributed by atoms with Crippen molar-refractivity contribution < 1.29 is 23.9 Å². The molecule has 9 heteroatoms. The van der Waals surface area contributed by atoms with Crippen molar-refractivity contribution in [3.05, 3.63) is 70.4 Å². The molecule has 2 aromatic rings. The van der Waals surface area contributed by atoms with E-state index in [9.17, 15) is 14.4 Å². The third-order valence-corrected chi connectivity index (χ3v) is 5.10. The van der Waals surface area contributed by atoms with Crippen molar-refractivity contribution in [1.29, 1.82) is 0 Å². The van der Waals surface area contributed by atoms with E-state index >= 15 is 0 Å². The molecule has 0 saturated carbocycles. The van der Waals surface area contributed by atoms with Gasteiger partial charge >= 0.3 is 12.0 Å². The normalized spacial score (nSPS) is 17.9. The number of ether oxygens (including phenoxy) is 2. The highest BCUT2D eigenvalue weighted by Gasteiger charge is 2.42. The minimum atomic E-state index is -0.699. The summed E-state index contributed by atoms with van der Waals surface area (Å²) in [6, 6.07) is 12.6. The fourth-order valence-electron chi connectivity index (χ4n) is 3.50. The third kappa shape index (κ3) is 3.69. The molecular weight excluding hydrogens is 410 g/mol. The molecule has 4 rings (SSSR count). The number of amides is 3. The number of benzene rings is 2. The molecule has 0 radical (unpaired) electrons. The average molecular weight is 428 g/mol. The summed E-state index contributed by atoms with van der Waals surface area (Å²) in [7, 11) is 1.50. The first-order chi connectivity index (χ1) is 14.5. The van der Waals surface area contributed by atoms with Crippen LogP contribution in [0.3, 0.4) is 0 Å². The van der Waals surface area contributed by atoms with Crippen molar-refractivity contribution in [2.45, 2.75) is 6.04 Å². The smallest absolute Gasteiger partial charge is 0.338 e. The van der Waals surface area contributed by atoms with Crippen molar-refractivity contribution in [2.75, 3.05) is 25.6 Å². The predicted molar refractivity (Wildman–Crippen MR) is 109 cm³/mol. The Morgan fingerprint density at radius 2 is 2.07 bits per heavy atom. The molecular formula is C21H18ClN3O5. The first kappa shape index (κ1) is 19.8. The lowest BCUT2D eigenvalue weighted by Gasteiger charge is -2.32. The van der Waals surface area contributed by atoms with Crippen LogP contribution in [0.4, 0.5) is 10.5 Å². The van der Waals surface area contributed by atoms with Gasteiger partial charge in [0, 0.05) is 5.02 Å². The number of anilines is 1. The number of cyclic esters (lactones) is 1. The Morgan fingerprint density at radius 1 is 1.27 bits per heavy atom. The van der Waals surface area contributed by atoms with Crippen LogP contribution in [0.1, 0.15) is 11.6 Å². The Hall–Kier alpha value is -3.52. The summed E-state index contributed by atoms with van der Waals surface area (Å²) in [5.41, 5.74) is 1.79. The van der Waals surface area contributed by atoms with Crippen LogP contribution >= 0.6 is 11.6 Å². The van der Waals surface area contributed by atoms with Crippen LogP contribution in [0.2, 0.25) is 5.02 Å². The van der Waals surface area contributed by atoms with Crippen LogP contribution < -0.4 is 15.4 Å². The van der Waals surface area contributed by atoms with Gasteiger partial charge in [-0.15, -0.1) is 0 Å². The number of carbonyl (C=O) groups is 3. The average Bonchev–Trinajstić information content (AvgIpc) is 3.12. The number of methoxy groups -OCH3 is 1. The minimum absolute atomic E-state index is 0.0827. The largest absolute Gasteiger partial charge is 0.495 e. The number of urea groups is 1. The Kier molecular flexibility index (Phi) is 5.33. The van der Waals surface area contributed by atoms with Crippen molar-refractivity contribution in [3.63, 3.8) is 0 Å². The maximum atomic E-state index is 12.8. The third-order valence-electron chi connectivity index (χ3n) is 4.86.